The van der Waals surface area contributed by atoms with Crippen molar-refractivity contribution in [2.75, 3.05) is 13.1 Å². The van der Waals surface area contributed by atoms with Crippen LogP contribution in [-0.4, -0.2) is 41.3 Å². The van der Waals surface area contributed by atoms with Crippen molar-refractivity contribution in [3.05, 3.63) is 48.0 Å². The van der Waals surface area contributed by atoms with E-state index in [2.05, 4.69) is 0 Å². The van der Waals surface area contributed by atoms with Crippen LogP contribution in [-0.2, 0) is 4.79 Å². The topological polar surface area (TPSA) is 69.6 Å². The lowest BCUT2D eigenvalue weighted by molar-refractivity contribution is -0.155. The Bertz CT molecular complexity index is 833. The van der Waals surface area contributed by atoms with Crippen LogP contribution in [0.1, 0.15) is 18.0 Å². The molecule has 138 valence electrons. The number of nitrogens with one attached hydrogen (secondary N) is 1. The molecule has 1 aliphatic heterocycles. The lowest BCUT2D eigenvalue weighted by Crippen LogP contribution is -2.45. The Morgan fingerprint density at radius 2 is 1.85 bits per heavy atom. The van der Waals surface area contributed by atoms with Crippen LogP contribution < -0.4 is 5.32 Å². The number of carbonyl (C=O) groups is 2. The molecule has 1 fully saturated rings. The first-order valence-corrected chi connectivity index (χ1v) is 8.10. The van der Waals surface area contributed by atoms with E-state index < -0.39 is 30.1 Å². The maximum Gasteiger partial charge on any atom is 0.412 e. The van der Waals surface area contributed by atoms with Crippen molar-refractivity contribution in [3.8, 4) is 0 Å². The summed E-state index contributed by atoms with van der Waals surface area (Å²) >= 11 is 0. The Labute approximate surface area is 147 Å². The first kappa shape index (κ1) is 18.0. The van der Waals surface area contributed by atoms with Crippen molar-refractivity contribution in [2.24, 2.45) is 5.92 Å². The number of hydrogen-bond acceptors (Lipinski definition) is 2. The minimum Gasteiger partial charge on any atom is -0.481 e. The molecule has 2 N–H and O–H groups in total. The molecule has 0 aromatic heterocycles. The molecule has 2 aromatic carbocycles. The van der Waals surface area contributed by atoms with Gasteiger partial charge in [-0.15, -0.1) is 0 Å². The van der Waals surface area contributed by atoms with Crippen LogP contribution in [0.5, 0.6) is 0 Å². The zero-order valence-corrected chi connectivity index (χ0v) is 13.7. The van der Waals surface area contributed by atoms with E-state index in [1.54, 1.807) is 30.3 Å². The summed E-state index contributed by atoms with van der Waals surface area (Å²) < 4.78 is 41.0. The molecule has 8 heteroatoms. The van der Waals surface area contributed by atoms with Crippen molar-refractivity contribution < 1.29 is 27.9 Å². The molecule has 2 aromatic rings. The minimum atomic E-state index is -4.69. The highest BCUT2D eigenvalue weighted by molar-refractivity contribution is 5.87. The second kappa shape index (κ2) is 6.86. The predicted molar refractivity (Wildman–Crippen MR) is 88.6 cm³/mol. The van der Waals surface area contributed by atoms with Crippen LogP contribution in [0.4, 0.5) is 18.0 Å². The zero-order chi connectivity index (χ0) is 18.9. The van der Waals surface area contributed by atoms with E-state index in [1.807, 2.05) is 5.32 Å². The summed E-state index contributed by atoms with van der Waals surface area (Å²) in [6.45, 7) is 0.0181. The van der Waals surface area contributed by atoms with Crippen molar-refractivity contribution in [1.29, 1.82) is 0 Å². The standard InChI is InChI=1S/C18H17F3N2O3/c19-18(20,21)15(14-7-3-5-11-4-1-2-6-13(11)14)22-17(26)23-9-8-12(10-23)16(24)25/h1-7,12,15H,8-10H2,(H,22,26)(H,24,25). The molecule has 2 atom stereocenters. The number of aliphatic carboxylic acids is 1. The summed E-state index contributed by atoms with van der Waals surface area (Å²) in [6, 6.07) is 8.10. The minimum absolute atomic E-state index is 0.0436. The van der Waals surface area contributed by atoms with Crippen LogP contribution in [0.15, 0.2) is 42.5 Å². The van der Waals surface area contributed by atoms with Crippen molar-refractivity contribution in [2.45, 2.75) is 18.6 Å². The Morgan fingerprint density at radius 1 is 1.15 bits per heavy atom. The molecule has 2 amide bonds. The average Bonchev–Trinajstić information content (AvgIpc) is 3.08. The normalized spacial score (nSPS) is 18.7. The molecule has 0 spiro atoms. The summed E-state index contributed by atoms with van der Waals surface area (Å²) in [7, 11) is 0. The Morgan fingerprint density at radius 3 is 2.50 bits per heavy atom. The number of halogens is 3. The molecular formula is C18H17F3N2O3. The van der Waals surface area contributed by atoms with Gasteiger partial charge in [0.15, 0.2) is 6.04 Å². The van der Waals surface area contributed by atoms with Gasteiger partial charge in [-0.1, -0.05) is 42.5 Å². The van der Waals surface area contributed by atoms with Gasteiger partial charge in [-0.05, 0) is 22.8 Å². The van der Waals surface area contributed by atoms with Crippen LogP contribution in [0, 0.1) is 5.92 Å². The lowest BCUT2D eigenvalue weighted by atomic mass is 9.98. The van der Waals surface area contributed by atoms with Gasteiger partial charge in [0.05, 0.1) is 5.92 Å². The summed E-state index contributed by atoms with van der Waals surface area (Å²) in [5, 5.41) is 12.1. The van der Waals surface area contributed by atoms with Gasteiger partial charge in [-0.2, -0.15) is 13.2 Å². The number of urea groups is 1. The molecule has 0 radical (unpaired) electrons. The number of amides is 2. The number of carbonyl (C=O) groups excluding carboxylic acids is 1. The molecule has 1 saturated heterocycles. The first-order valence-electron chi connectivity index (χ1n) is 8.10. The fourth-order valence-corrected chi connectivity index (χ4v) is 3.20. The number of benzene rings is 2. The maximum atomic E-state index is 13.7. The fraction of sp³-hybridized carbons (Fsp3) is 0.333. The van der Waals surface area contributed by atoms with Gasteiger partial charge in [-0.25, -0.2) is 4.79 Å². The lowest BCUT2D eigenvalue weighted by Gasteiger charge is -2.26. The quantitative estimate of drug-likeness (QED) is 0.873. The first-order chi connectivity index (χ1) is 12.3. The molecule has 1 aliphatic rings. The zero-order valence-electron chi connectivity index (χ0n) is 13.7. The molecule has 1 heterocycles. The second-order valence-electron chi connectivity index (χ2n) is 6.26. The van der Waals surface area contributed by atoms with Crippen LogP contribution in [0.2, 0.25) is 0 Å². The smallest absolute Gasteiger partial charge is 0.412 e. The Kier molecular flexibility index (Phi) is 4.76. The Balaban J connectivity index is 1.88. The molecule has 5 nitrogen and oxygen atoms in total. The number of nitrogens with zero attached hydrogens (tertiary/aromatic N) is 1. The number of carboxylic acid groups (broad SMARTS) is 1. The van der Waals surface area contributed by atoms with Crippen molar-refractivity contribution in [3.63, 3.8) is 0 Å². The molecule has 0 aliphatic carbocycles. The van der Waals surface area contributed by atoms with Gasteiger partial charge in [-0.3, -0.25) is 4.79 Å². The van der Waals surface area contributed by atoms with Gasteiger partial charge in [0.2, 0.25) is 0 Å². The summed E-state index contributed by atoms with van der Waals surface area (Å²) in [6.07, 6.45) is -4.46. The van der Waals surface area contributed by atoms with E-state index >= 15 is 0 Å². The maximum absolute atomic E-state index is 13.7. The van der Waals surface area contributed by atoms with Gasteiger partial charge in [0, 0.05) is 13.1 Å². The third-order valence-electron chi connectivity index (χ3n) is 4.55. The van der Waals surface area contributed by atoms with Crippen molar-refractivity contribution >= 4 is 22.8 Å². The Hall–Kier alpha value is -2.77. The van der Waals surface area contributed by atoms with Crippen LogP contribution >= 0.6 is 0 Å². The van der Waals surface area contributed by atoms with Gasteiger partial charge < -0.3 is 15.3 Å². The van der Waals surface area contributed by atoms with E-state index in [0.717, 1.165) is 4.90 Å². The third-order valence-corrected chi connectivity index (χ3v) is 4.55. The van der Waals surface area contributed by atoms with E-state index in [0.29, 0.717) is 10.8 Å². The van der Waals surface area contributed by atoms with Gasteiger partial charge in [0.1, 0.15) is 0 Å². The molecule has 26 heavy (non-hydrogen) atoms. The van der Waals surface area contributed by atoms with Crippen LogP contribution in [0.25, 0.3) is 10.8 Å². The third kappa shape index (κ3) is 3.58. The number of alkyl halides is 3. The molecule has 2 unspecified atom stereocenters. The molecular weight excluding hydrogens is 349 g/mol. The number of hydrogen-bond donors (Lipinski definition) is 2. The number of likely N-dealkylation sites (tertiary alicyclic amines) is 1. The predicted octanol–water partition coefficient (Wildman–Crippen LogP) is 3.56. The molecule has 0 saturated carbocycles. The number of carboxylic acids is 1. The van der Waals surface area contributed by atoms with E-state index in [9.17, 15) is 22.8 Å². The SMILES string of the molecule is O=C(O)C1CCN(C(=O)NC(c2cccc3ccccc23)C(F)(F)F)C1. The summed E-state index contributed by atoms with van der Waals surface area (Å²) in [4.78, 5) is 24.4. The molecule has 3 rings (SSSR count). The number of rotatable bonds is 3. The van der Waals surface area contributed by atoms with Gasteiger partial charge in [0.25, 0.3) is 0 Å². The summed E-state index contributed by atoms with van der Waals surface area (Å²) in [5.41, 5.74) is -0.0436. The summed E-state index contributed by atoms with van der Waals surface area (Å²) in [5.74, 6) is -1.80. The van der Waals surface area contributed by atoms with E-state index in [-0.39, 0.29) is 25.1 Å². The van der Waals surface area contributed by atoms with Crippen LogP contribution in [0.3, 0.4) is 0 Å². The highest BCUT2D eigenvalue weighted by Gasteiger charge is 2.44. The largest absolute Gasteiger partial charge is 0.481 e. The monoisotopic (exact) mass is 366 g/mol. The fourth-order valence-electron chi connectivity index (χ4n) is 3.20. The van der Waals surface area contributed by atoms with E-state index in [4.69, 9.17) is 5.11 Å². The number of fused-ring (bicyclic) bond motifs is 1. The molecule has 0 bridgehead atoms. The highest BCUT2D eigenvalue weighted by Crippen LogP contribution is 2.36. The highest BCUT2D eigenvalue weighted by atomic mass is 19.4. The average molecular weight is 366 g/mol. The van der Waals surface area contributed by atoms with Crippen molar-refractivity contribution in [1.82, 2.24) is 10.2 Å². The second-order valence-corrected chi connectivity index (χ2v) is 6.26. The van der Waals surface area contributed by atoms with E-state index in [1.165, 1.54) is 12.1 Å². The van der Waals surface area contributed by atoms with Gasteiger partial charge >= 0.3 is 18.2 Å².